The smallest absolute Gasteiger partial charge is 0.344 e. The molecule has 0 saturated heterocycles. The lowest BCUT2D eigenvalue weighted by atomic mass is 10.1. The fraction of sp³-hybridized carbons (Fsp3) is 0.158. The second-order valence-electron chi connectivity index (χ2n) is 5.47. The second kappa shape index (κ2) is 6.68. The monoisotopic (exact) mass is 340 g/mol. The minimum absolute atomic E-state index is 0.198. The van der Waals surface area contributed by atoms with Gasteiger partial charge in [0.05, 0.1) is 12.7 Å². The van der Waals surface area contributed by atoms with Crippen LogP contribution < -0.4 is 14.2 Å². The van der Waals surface area contributed by atoms with Crippen molar-refractivity contribution >= 4 is 17.8 Å². The van der Waals surface area contributed by atoms with Gasteiger partial charge in [0.15, 0.2) is 11.9 Å². The summed E-state index contributed by atoms with van der Waals surface area (Å²) in [6.45, 7) is 1.43. The SMILES string of the molecule is COc1ccc(/C=C2\Oc3cc(O[C@@H](C)C(=O)O)ccc3C2=O)cc1. The fourth-order valence-electron chi connectivity index (χ4n) is 2.35. The van der Waals surface area contributed by atoms with E-state index in [4.69, 9.17) is 19.3 Å². The maximum atomic E-state index is 12.4. The van der Waals surface area contributed by atoms with Gasteiger partial charge in [-0.2, -0.15) is 0 Å². The van der Waals surface area contributed by atoms with E-state index in [2.05, 4.69) is 0 Å². The average molecular weight is 340 g/mol. The van der Waals surface area contributed by atoms with Crippen molar-refractivity contribution in [1.82, 2.24) is 0 Å². The minimum Gasteiger partial charge on any atom is -0.497 e. The molecule has 0 fully saturated rings. The van der Waals surface area contributed by atoms with E-state index < -0.39 is 12.1 Å². The molecule has 1 N–H and O–H groups in total. The highest BCUT2D eigenvalue weighted by molar-refractivity contribution is 6.14. The molecule has 0 unspecified atom stereocenters. The van der Waals surface area contributed by atoms with Gasteiger partial charge in [-0.1, -0.05) is 12.1 Å². The second-order valence-corrected chi connectivity index (χ2v) is 5.47. The van der Waals surface area contributed by atoms with Crippen LogP contribution in [-0.4, -0.2) is 30.1 Å². The minimum atomic E-state index is -1.07. The Morgan fingerprint density at radius 2 is 1.84 bits per heavy atom. The van der Waals surface area contributed by atoms with Crippen LogP contribution in [0.2, 0.25) is 0 Å². The summed E-state index contributed by atoms with van der Waals surface area (Å²) in [5.41, 5.74) is 1.21. The van der Waals surface area contributed by atoms with Gasteiger partial charge in [-0.3, -0.25) is 4.79 Å². The van der Waals surface area contributed by atoms with Crippen LogP contribution in [0.25, 0.3) is 6.08 Å². The lowest BCUT2D eigenvalue weighted by Crippen LogP contribution is -2.22. The largest absolute Gasteiger partial charge is 0.497 e. The molecular formula is C19H16O6. The number of ether oxygens (including phenoxy) is 3. The maximum absolute atomic E-state index is 12.4. The number of Topliss-reactive ketones (excluding diaryl/α,β-unsaturated/α-hetero) is 1. The number of benzene rings is 2. The lowest BCUT2D eigenvalue weighted by Gasteiger charge is -2.10. The third-order valence-corrected chi connectivity index (χ3v) is 3.72. The predicted octanol–water partition coefficient (Wildman–Crippen LogP) is 3.16. The molecule has 2 aromatic rings. The lowest BCUT2D eigenvalue weighted by molar-refractivity contribution is -0.144. The molecule has 0 bridgehead atoms. The number of ketones is 1. The van der Waals surface area contributed by atoms with E-state index in [0.717, 1.165) is 11.3 Å². The van der Waals surface area contributed by atoms with Crippen molar-refractivity contribution in [2.24, 2.45) is 0 Å². The molecule has 6 nitrogen and oxygen atoms in total. The van der Waals surface area contributed by atoms with Gasteiger partial charge in [-0.05, 0) is 42.8 Å². The van der Waals surface area contributed by atoms with E-state index in [1.54, 1.807) is 37.5 Å². The molecule has 2 aromatic carbocycles. The van der Waals surface area contributed by atoms with Crippen molar-refractivity contribution in [3.05, 3.63) is 59.4 Å². The number of carbonyl (C=O) groups is 2. The number of rotatable bonds is 5. The number of carboxylic acids is 1. The highest BCUT2D eigenvalue weighted by Crippen LogP contribution is 2.35. The van der Waals surface area contributed by atoms with Gasteiger partial charge >= 0.3 is 5.97 Å². The zero-order valence-corrected chi connectivity index (χ0v) is 13.7. The van der Waals surface area contributed by atoms with Gasteiger partial charge in [0.2, 0.25) is 5.78 Å². The summed E-state index contributed by atoms with van der Waals surface area (Å²) in [6.07, 6.45) is 0.645. The number of allylic oxidation sites excluding steroid dienone is 1. The van der Waals surface area contributed by atoms with Gasteiger partial charge < -0.3 is 19.3 Å². The van der Waals surface area contributed by atoms with E-state index in [9.17, 15) is 9.59 Å². The summed E-state index contributed by atoms with van der Waals surface area (Å²) in [6, 6.07) is 11.8. The Hall–Kier alpha value is -3.28. The molecule has 1 aliphatic rings. The predicted molar refractivity (Wildman–Crippen MR) is 90.1 cm³/mol. The number of methoxy groups -OCH3 is 1. The molecule has 0 radical (unpaired) electrons. The summed E-state index contributed by atoms with van der Waals surface area (Å²) in [4.78, 5) is 23.3. The van der Waals surface area contributed by atoms with Crippen LogP contribution in [-0.2, 0) is 4.79 Å². The van der Waals surface area contributed by atoms with Gasteiger partial charge in [0.25, 0.3) is 0 Å². The van der Waals surface area contributed by atoms with Crippen LogP contribution in [0.1, 0.15) is 22.8 Å². The Kier molecular flexibility index (Phi) is 4.43. The molecule has 1 atom stereocenters. The van der Waals surface area contributed by atoms with Crippen molar-refractivity contribution in [3.63, 3.8) is 0 Å². The van der Waals surface area contributed by atoms with Crippen LogP contribution in [0.15, 0.2) is 48.2 Å². The summed E-state index contributed by atoms with van der Waals surface area (Å²) >= 11 is 0. The topological polar surface area (TPSA) is 82.1 Å². The van der Waals surface area contributed by atoms with Crippen molar-refractivity contribution in [1.29, 1.82) is 0 Å². The van der Waals surface area contributed by atoms with E-state index in [1.165, 1.54) is 13.0 Å². The zero-order valence-electron chi connectivity index (χ0n) is 13.7. The van der Waals surface area contributed by atoms with Crippen molar-refractivity contribution in [3.8, 4) is 17.2 Å². The standard InChI is InChI=1S/C19H16O6/c1-11(19(21)22)24-14-7-8-15-16(10-14)25-17(18(15)20)9-12-3-5-13(23-2)6-4-12/h3-11H,1-2H3,(H,21,22)/b17-9-/t11-/m0/s1. The summed E-state index contributed by atoms with van der Waals surface area (Å²) < 4.78 is 16.0. The normalized spacial score (nSPS) is 15.4. The highest BCUT2D eigenvalue weighted by atomic mass is 16.5. The van der Waals surface area contributed by atoms with Crippen LogP contribution in [0.4, 0.5) is 0 Å². The Morgan fingerprint density at radius 3 is 2.48 bits per heavy atom. The molecule has 25 heavy (non-hydrogen) atoms. The molecule has 0 aliphatic carbocycles. The molecular weight excluding hydrogens is 324 g/mol. The van der Waals surface area contributed by atoms with Crippen LogP contribution in [0.3, 0.4) is 0 Å². The molecule has 0 saturated carbocycles. The quantitative estimate of drug-likeness (QED) is 0.842. The first kappa shape index (κ1) is 16.6. The number of aliphatic carboxylic acids is 1. The van der Waals surface area contributed by atoms with Crippen molar-refractivity contribution in [2.75, 3.05) is 7.11 Å². The molecule has 1 aliphatic heterocycles. The number of carboxylic acid groups (broad SMARTS) is 1. The van der Waals surface area contributed by atoms with E-state index in [0.29, 0.717) is 17.1 Å². The zero-order chi connectivity index (χ0) is 18.0. The number of hydrogen-bond acceptors (Lipinski definition) is 5. The summed E-state index contributed by atoms with van der Waals surface area (Å²) in [5.74, 6) is 0.287. The molecule has 1 heterocycles. The van der Waals surface area contributed by atoms with E-state index in [1.807, 2.05) is 12.1 Å². The Balaban J connectivity index is 1.82. The third kappa shape index (κ3) is 3.47. The van der Waals surface area contributed by atoms with Gasteiger partial charge in [0.1, 0.15) is 17.2 Å². The van der Waals surface area contributed by atoms with Crippen molar-refractivity contribution < 1.29 is 28.9 Å². The van der Waals surface area contributed by atoms with E-state index in [-0.39, 0.29) is 11.5 Å². The molecule has 0 aromatic heterocycles. The van der Waals surface area contributed by atoms with Crippen LogP contribution >= 0.6 is 0 Å². The van der Waals surface area contributed by atoms with Gasteiger partial charge in [-0.25, -0.2) is 4.79 Å². The number of hydrogen-bond donors (Lipinski definition) is 1. The first-order valence-corrected chi connectivity index (χ1v) is 7.60. The van der Waals surface area contributed by atoms with E-state index >= 15 is 0 Å². The van der Waals surface area contributed by atoms with Gasteiger partial charge in [0, 0.05) is 6.07 Å². The first-order chi connectivity index (χ1) is 12.0. The van der Waals surface area contributed by atoms with Crippen molar-refractivity contribution in [2.45, 2.75) is 13.0 Å². The van der Waals surface area contributed by atoms with Crippen LogP contribution in [0, 0.1) is 0 Å². The van der Waals surface area contributed by atoms with Crippen LogP contribution in [0.5, 0.6) is 17.2 Å². The Labute approximate surface area is 144 Å². The Bertz CT molecular complexity index is 851. The molecule has 128 valence electrons. The number of fused-ring (bicyclic) bond motifs is 1. The average Bonchev–Trinajstić information content (AvgIpc) is 2.91. The molecule has 3 rings (SSSR count). The Morgan fingerprint density at radius 1 is 1.16 bits per heavy atom. The highest BCUT2D eigenvalue weighted by Gasteiger charge is 2.28. The third-order valence-electron chi connectivity index (χ3n) is 3.72. The molecule has 0 spiro atoms. The molecule has 0 amide bonds. The molecule has 6 heteroatoms. The number of carbonyl (C=O) groups excluding carboxylic acids is 1. The first-order valence-electron chi connectivity index (χ1n) is 7.60. The maximum Gasteiger partial charge on any atom is 0.344 e. The fourth-order valence-corrected chi connectivity index (χ4v) is 2.35. The summed E-state index contributed by atoms with van der Waals surface area (Å²) in [5, 5.41) is 8.89. The van der Waals surface area contributed by atoms with Gasteiger partial charge in [-0.15, -0.1) is 0 Å². The summed E-state index contributed by atoms with van der Waals surface area (Å²) in [7, 11) is 1.58.